The molecule has 0 amide bonds. The van der Waals surface area contributed by atoms with Crippen LogP contribution in [-0.4, -0.2) is 95.7 Å². The zero-order valence-corrected chi connectivity index (χ0v) is 43.4. The number of ketones is 1. The van der Waals surface area contributed by atoms with E-state index in [2.05, 4.69) is 40.3 Å². The van der Waals surface area contributed by atoms with E-state index in [4.69, 9.17) is 38.8 Å². The van der Waals surface area contributed by atoms with E-state index in [-0.39, 0.29) is 79.2 Å². The predicted octanol–water partition coefficient (Wildman–Crippen LogP) is 6.96. The highest BCUT2D eigenvalue weighted by Crippen LogP contribution is 2.21. The minimum atomic E-state index is -0.953. The van der Waals surface area contributed by atoms with Gasteiger partial charge in [0.2, 0.25) is 0 Å². The molecule has 9 aromatic rings. The summed E-state index contributed by atoms with van der Waals surface area (Å²) >= 11 is 0. The summed E-state index contributed by atoms with van der Waals surface area (Å²) in [5.74, 6) is 1.19. The first-order valence-electron chi connectivity index (χ1n) is 24.0. The van der Waals surface area contributed by atoms with Gasteiger partial charge in [0.25, 0.3) is 6.54 Å². The molecule has 5 aromatic heterocycles. The lowest BCUT2D eigenvalue weighted by atomic mass is 10.2. The highest BCUT2D eigenvalue weighted by Gasteiger charge is 2.21. The second-order valence-corrected chi connectivity index (χ2v) is 16.2. The number of hydrazine groups is 1. The van der Waals surface area contributed by atoms with Gasteiger partial charge < -0.3 is 30.5 Å². The molecule has 0 aliphatic heterocycles. The van der Waals surface area contributed by atoms with Crippen LogP contribution in [-0.2, 0) is 50.0 Å². The van der Waals surface area contributed by atoms with E-state index in [1.807, 2.05) is 0 Å². The Hall–Kier alpha value is -10.2. The van der Waals surface area contributed by atoms with Crippen molar-refractivity contribution in [2.24, 2.45) is 11.6 Å². The number of esters is 3. The number of carbonyl (C=O) groups excluding carboxylic acids is 4. The van der Waals surface area contributed by atoms with Gasteiger partial charge in [-0.2, -0.15) is 15.3 Å². The number of nitrogen functional groups attached to an aromatic ring is 2. The maximum Gasteiger partial charge on any atom is 0.382 e. The van der Waals surface area contributed by atoms with Gasteiger partial charge >= 0.3 is 23.7 Å². The summed E-state index contributed by atoms with van der Waals surface area (Å²) in [5.41, 5.74) is 17.5. The van der Waals surface area contributed by atoms with Crippen LogP contribution in [0.2, 0.25) is 0 Å². The minimum Gasteiger partial charge on any atom is -0.463 e. The number of hydrogen-bond donors (Lipinski definition) is 5. The van der Waals surface area contributed by atoms with Gasteiger partial charge in [0.1, 0.15) is 40.6 Å². The summed E-state index contributed by atoms with van der Waals surface area (Å²) in [4.78, 5) is 55.1. The lowest BCUT2D eigenvalue weighted by Crippen LogP contribution is -2.21. The van der Waals surface area contributed by atoms with Crippen LogP contribution in [0.25, 0.3) is 26.9 Å². The van der Waals surface area contributed by atoms with E-state index in [1.54, 1.807) is 128 Å². The van der Waals surface area contributed by atoms with E-state index in [1.165, 1.54) is 39.7 Å². The lowest BCUT2D eigenvalue weighted by Gasteiger charge is -2.05. The molecular formula is C55H54F4N14O7. The molecule has 4 aromatic carbocycles. The molecule has 0 saturated carbocycles. The predicted molar refractivity (Wildman–Crippen MR) is 287 cm³/mol. The molecule has 0 fully saturated rings. The standard InChI is InChI=1S/C16H14FN3O2.C14H12FN5.C13H14FN3O2.C7H9FN2.C5H5NO3/c1-2-22-16(21)14-12-7-5-9-18-15(12)20(19-14)10-11-6-3-4-8-13(11)17;15-11-6-2-1-4-9(11)8-20-14-10(5-3-7-18-14)12(19-20)13(16)17;1-2-19-13(18)11-7-12(15)17(16-11)8-9-5-3-4-6-10(9)14;8-7-4-2-1-3-6(7)5-10-9;1-6-3-4(7)5(8)9-2/h3-9H,2,10H2,1H3;1-7H,8H2,(H3,16,17);3-7H,2,8,15H2,1H3;1-4,10H,5,9H2;3H2,2H3. The molecule has 0 aliphatic rings. The average molecular weight is 1100 g/mol. The van der Waals surface area contributed by atoms with Crippen molar-refractivity contribution in [3.8, 4) is 0 Å². The van der Waals surface area contributed by atoms with Gasteiger partial charge in [-0.15, -0.1) is 0 Å². The normalized spacial score (nSPS) is 10.2. The molecule has 414 valence electrons. The molecule has 0 radical (unpaired) electrons. The van der Waals surface area contributed by atoms with Crippen LogP contribution in [0.1, 0.15) is 62.8 Å². The van der Waals surface area contributed by atoms with E-state index in [9.17, 15) is 36.7 Å². The Morgan fingerprint density at radius 2 is 1.05 bits per heavy atom. The van der Waals surface area contributed by atoms with Gasteiger partial charge in [0.05, 0.1) is 50.7 Å². The number of fused-ring (bicyclic) bond motifs is 2. The molecule has 25 heteroatoms. The van der Waals surface area contributed by atoms with Crippen LogP contribution in [0.4, 0.5) is 23.4 Å². The topological polar surface area (TPSA) is 294 Å². The number of nitrogens with two attached hydrogens (primary N) is 3. The monoisotopic (exact) mass is 1100 g/mol. The van der Waals surface area contributed by atoms with Crippen LogP contribution < -0.4 is 22.7 Å². The zero-order valence-electron chi connectivity index (χ0n) is 43.4. The third kappa shape index (κ3) is 16.9. The average Bonchev–Trinajstić information content (AvgIpc) is 4.23. The van der Waals surface area contributed by atoms with Gasteiger partial charge in [0, 0.05) is 47.3 Å². The Bertz CT molecular complexity index is 3620. The number of pyridine rings is 2. The number of halogens is 4. The number of methoxy groups -OCH3 is 1. The van der Waals surface area contributed by atoms with Gasteiger partial charge in [-0.25, -0.2) is 62.5 Å². The SMILES string of the molecule is CCOC(=O)c1cc(N)n(Cc2ccccc2F)n1.CCOC(=O)c1nn(Cc2ccccc2F)c2ncccc12.N=C(N)c1nn(Cc2ccccc2F)c2ncccc12.NNCc1ccccc1F.[C-]#[N+]CC(=O)C(=O)OC. The molecule has 80 heavy (non-hydrogen) atoms. The maximum absolute atomic E-state index is 13.8. The van der Waals surface area contributed by atoms with E-state index >= 15 is 0 Å². The fourth-order valence-corrected chi connectivity index (χ4v) is 7.02. The van der Waals surface area contributed by atoms with Gasteiger partial charge in [-0.05, 0) is 62.4 Å². The number of nitrogens with one attached hydrogen (secondary N) is 2. The number of Topliss-reactive ketones (excluding diaryl/α,β-unsaturated/α-hetero) is 1. The summed E-state index contributed by atoms with van der Waals surface area (Å²) in [5, 5.41) is 21.4. The summed E-state index contributed by atoms with van der Waals surface area (Å²) in [6.45, 7) is 10.7. The van der Waals surface area contributed by atoms with Crippen molar-refractivity contribution in [3.63, 3.8) is 0 Å². The fourth-order valence-electron chi connectivity index (χ4n) is 7.02. The number of benzene rings is 4. The highest BCUT2D eigenvalue weighted by molar-refractivity contribution is 6.34. The van der Waals surface area contributed by atoms with Crippen LogP contribution in [0.5, 0.6) is 0 Å². The smallest absolute Gasteiger partial charge is 0.382 e. The molecule has 0 bridgehead atoms. The minimum absolute atomic E-state index is 0.121. The van der Waals surface area contributed by atoms with E-state index in [0.717, 1.165) is 7.11 Å². The van der Waals surface area contributed by atoms with Crippen molar-refractivity contribution in [1.29, 1.82) is 5.41 Å². The van der Waals surface area contributed by atoms with E-state index < -0.39 is 30.2 Å². The Morgan fingerprint density at radius 3 is 1.48 bits per heavy atom. The summed E-state index contributed by atoms with van der Waals surface area (Å²) in [7, 11) is 1.10. The first-order valence-corrected chi connectivity index (χ1v) is 24.0. The molecule has 0 saturated heterocycles. The number of carbonyl (C=O) groups is 4. The number of rotatable bonds is 15. The van der Waals surface area contributed by atoms with Gasteiger partial charge in [-0.3, -0.25) is 21.5 Å². The molecule has 21 nitrogen and oxygen atoms in total. The number of anilines is 1. The van der Waals surface area contributed by atoms with Crippen molar-refractivity contribution >= 4 is 57.4 Å². The fraction of sp³-hybridized carbons (Fsp3) is 0.182. The number of hydrogen-bond acceptors (Lipinski definition) is 16. The maximum atomic E-state index is 13.8. The molecule has 9 rings (SSSR count). The zero-order chi connectivity index (χ0) is 58.1. The van der Waals surface area contributed by atoms with Crippen LogP contribution in [0, 0.1) is 35.3 Å². The highest BCUT2D eigenvalue weighted by atomic mass is 19.1. The van der Waals surface area contributed by atoms with E-state index in [0.29, 0.717) is 56.6 Å². The Labute approximate surface area is 455 Å². The summed E-state index contributed by atoms with van der Waals surface area (Å²) in [6, 6.07) is 34.2. The second-order valence-electron chi connectivity index (χ2n) is 16.2. The Kier molecular flexibility index (Phi) is 23.2. The third-order valence-corrected chi connectivity index (χ3v) is 10.8. The molecule has 5 heterocycles. The molecule has 0 aliphatic carbocycles. The number of nitrogens with zero attached hydrogens (tertiary/aromatic N) is 9. The van der Waals surface area contributed by atoms with Gasteiger partial charge in [0.15, 0.2) is 22.7 Å². The number of ether oxygens (including phenoxy) is 3. The first-order chi connectivity index (χ1) is 38.5. The van der Waals surface area contributed by atoms with Crippen LogP contribution in [0.15, 0.2) is 140 Å². The summed E-state index contributed by atoms with van der Waals surface area (Å²) < 4.78 is 72.0. The lowest BCUT2D eigenvalue weighted by molar-refractivity contribution is -0.150. The molecule has 0 unspecified atom stereocenters. The number of amidine groups is 1. The first kappa shape index (κ1) is 60.7. The van der Waals surface area contributed by atoms with Crippen molar-refractivity contribution in [2.75, 3.05) is 32.6 Å². The van der Waals surface area contributed by atoms with Crippen molar-refractivity contribution in [3.05, 3.63) is 214 Å². The quantitative estimate of drug-likeness (QED) is 0.00797. The molecule has 0 atom stereocenters. The van der Waals surface area contributed by atoms with Crippen molar-refractivity contribution in [2.45, 2.75) is 40.0 Å². The second kappa shape index (κ2) is 30.5. The third-order valence-electron chi connectivity index (χ3n) is 10.8. The number of aromatic nitrogens is 8. The van der Waals surface area contributed by atoms with Crippen molar-refractivity contribution < 1.29 is 51.0 Å². The summed E-state index contributed by atoms with van der Waals surface area (Å²) in [6.07, 6.45) is 3.24. The molecule has 8 N–H and O–H groups in total. The Balaban J connectivity index is 0.000000191. The van der Waals surface area contributed by atoms with Crippen molar-refractivity contribution in [1.82, 2.24) is 44.7 Å². The van der Waals surface area contributed by atoms with Gasteiger partial charge in [-0.1, -0.05) is 72.8 Å². The van der Waals surface area contributed by atoms with Crippen LogP contribution in [0.3, 0.4) is 0 Å². The largest absolute Gasteiger partial charge is 0.463 e. The Morgan fingerprint density at radius 1 is 0.625 bits per heavy atom. The molecule has 0 spiro atoms. The molecular weight excluding hydrogens is 1040 g/mol. The van der Waals surface area contributed by atoms with Crippen LogP contribution >= 0.6 is 0 Å².